The van der Waals surface area contributed by atoms with Crippen molar-refractivity contribution in [3.8, 4) is 0 Å². The Labute approximate surface area is 373 Å². The highest BCUT2D eigenvalue weighted by Crippen LogP contribution is 2.72. The first-order valence-corrected chi connectivity index (χ1v) is 26.8. The van der Waals surface area contributed by atoms with E-state index in [-0.39, 0.29) is 10.8 Å². The molecular formula is C60H96. The molecule has 0 heteroatoms. The molecule has 6 saturated carbocycles. The molecule has 0 aromatic rings. The van der Waals surface area contributed by atoms with E-state index in [1.54, 1.807) is 44.6 Å². The topological polar surface area (TPSA) is 0 Å². The fourth-order valence-electron chi connectivity index (χ4n) is 19.4. The summed E-state index contributed by atoms with van der Waals surface area (Å²) in [5, 5.41) is 0. The lowest BCUT2D eigenvalue weighted by Gasteiger charge is -2.60. The van der Waals surface area contributed by atoms with Gasteiger partial charge in [-0.3, -0.25) is 0 Å². The number of hydrogen-bond donors (Lipinski definition) is 0. The van der Waals surface area contributed by atoms with E-state index in [9.17, 15) is 0 Å². The van der Waals surface area contributed by atoms with Crippen molar-refractivity contribution in [1.82, 2.24) is 0 Å². The molecule has 8 rings (SSSR count). The van der Waals surface area contributed by atoms with Crippen LogP contribution >= 0.6 is 0 Å². The average Bonchev–Trinajstić information content (AvgIpc) is 3.74. The molecule has 0 nitrogen and oxygen atoms in total. The van der Waals surface area contributed by atoms with E-state index in [1.807, 2.05) is 11.1 Å². The van der Waals surface area contributed by atoms with Crippen LogP contribution in [-0.2, 0) is 0 Å². The van der Waals surface area contributed by atoms with Crippen molar-refractivity contribution in [3.63, 3.8) is 0 Å². The molecule has 336 valence electrons. The van der Waals surface area contributed by atoms with Crippen LogP contribution in [0.25, 0.3) is 0 Å². The Morgan fingerprint density at radius 1 is 0.433 bits per heavy atom. The van der Waals surface area contributed by atoms with Crippen LogP contribution in [0.15, 0.2) is 55.7 Å². The van der Waals surface area contributed by atoms with Gasteiger partial charge in [-0.25, -0.2) is 0 Å². The molecule has 0 unspecified atom stereocenters. The second-order valence-corrected chi connectivity index (χ2v) is 25.8. The van der Waals surface area contributed by atoms with Gasteiger partial charge in [0.15, 0.2) is 0 Å². The normalized spacial score (nSPS) is 43.9. The van der Waals surface area contributed by atoms with Crippen LogP contribution in [0, 0.1) is 92.7 Å². The summed E-state index contributed by atoms with van der Waals surface area (Å²) in [5.74, 6) is 10.6. The summed E-state index contributed by atoms with van der Waals surface area (Å²) in [6.07, 6.45) is 25.9. The minimum absolute atomic E-state index is 0.220. The second kappa shape index (κ2) is 16.3. The smallest absolute Gasteiger partial charge is 0.0132 e. The van der Waals surface area contributed by atoms with Crippen molar-refractivity contribution in [2.45, 2.75) is 226 Å². The standard InChI is InChI=1S/C60H96/c1-35(2)19-17-21-37(5)47-27-29-51-45-23-25-49-41(9)55(39(7)43(11)59(49,15)53(45)31-33-57(47,51)13)56-40(8)44(12)60(16)50(42(56)10)26-24-46-52-30-28-48(38(6)22-18-20-36(3)4)58(52,14)34-32-54(46)60/h35-38,45-48,51-54H,17-34H2,1-16H3/b56-55-/t37-,38-,45+,46+,47-,48-,51+,52+,53+,54+,57-,58-,59+,60+/m1/s1. The molecule has 60 heavy (non-hydrogen) atoms. The van der Waals surface area contributed by atoms with Crippen LogP contribution in [-0.4, -0.2) is 0 Å². The Morgan fingerprint density at radius 2 is 0.800 bits per heavy atom. The van der Waals surface area contributed by atoms with E-state index in [0.29, 0.717) is 10.8 Å². The maximum atomic E-state index is 2.78. The Morgan fingerprint density at radius 3 is 1.15 bits per heavy atom. The van der Waals surface area contributed by atoms with Crippen molar-refractivity contribution in [3.05, 3.63) is 55.7 Å². The lowest BCUT2D eigenvalue weighted by molar-refractivity contribution is -0.0469. The summed E-state index contributed by atoms with van der Waals surface area (Å²) in [6, 6.07) is 0. The lowest BCUT2D eigenvalue weighted by atomic mass is 9.44. The third kappa shape index (κ3) is 6.65. The van der Waals surface area contributed by atoms with E-state index in [1.165, 1.54) is 116 Å². The summed E-state index contributed by atoms with van der Waals surface area (Å²) < 4.78 is 0. The van der Waals surface area contributed by atoms with Crippen molar-refractivity contribution in [2.75, 3.05) is 0 Å². The van der Waals surface area contributed by atoms with E-state index in [0.717, 1.165) is 71.0 Å². The molecule has 14 atom stereocenters. The largest absolute Gasteiger partial charge is 0.0628 e. The second-order valence-electron chi connectivity index (χ2n) is 25.8. The van der Waals surface area contributed by atoms with Crippen molar-refractivity contribution < 1.29 is 0 Å². The highest BCUT2D eigenvalue weighted by molar-refractivity contribution is 5.70. The van der Waals surface area contributed by atoms with E-state index < -0.39 is 0 Å². The Balaban J connectivity index is 1.08. The fraction of sp³-hybridized carbons (Fsp3) is 0.833. The summed E-state index contributed by atoms with van der Waals surface area (Å²) in [5.41, 5.74) is 18.7. The van der Waals surface area contributed by atoms with Gasteiger partial charge < -0.3 is 0 Å². The summed E-state index contributed by atoms with van der Waals surface area (Å²) >= 11 is 0. The molecule has 0 amide bonds. The molecule has 0 aromatic heterocycles. The van der Waals surface area contributed by atoms with Gasteiger partial charge in [0.05, 0.1) is 0 Å². The zero-order valence-electron chi connectivity index (χ0n) is 42.7. The molecule has 8 aliphatic carbocycles. The molecule has 8 aliphatic rings. The van der Waals surface area contributed by atoms with E-state index >= 15 is 0 Å². The highest BCUT2D eigenvalue weighted by atomic mass is 14.7. The minimum atomic E-state index is 0.220. The molecule has 0 aliphatic heterocycles. The zero-order valence-corrected chi connectivity index (χ0v) is 42.7. The highest BCUT2D eigenvalue weighted by Gasteiger charge is 2.62. The maximum absolute atomic E-state index is 2.78. The number of rotatable bonds is 10. The SMILES string of the molecule is CC1=C(C)[C@@]2(C)C(=C(C)/C1=C1/C(C)=C(C)[C@@]3(C)C(=C1C)CC[C@@H]1[C@@H]3CC[C@]3(C)[C@@H]([C@H](C)CCCC(C)C)CC[C@@H]13)CC[C@@H]1[C@@H]2CC[C@]2(C)[C@@H]([C@H](C)CCCC(C)C)CC[C@@H]12. The predicted octanol–water partition coefficient (Wildman–Crippen LogP) is 18.3. The third-order valence-corrected chi connectivity index (χ3v) is 22.8. The van der Waals surface area contributed by atoms with Gasteiger partial charge in [0, 0.05) is 10.8 Å². The first kappa shape index (κ1) is 45.3. The van der Waals surface area contributed by atoms with Gasteiger partial charge >= 0.3 is 0 Å². The Bertz CT molecular complexity index is 1700. The maximum Gasteiger partial charge on any atom is 0.0132 e. The fourth-order valence-corrected chi connectivity index (χ4v) is 19.4. The number of fused-ring (bicyclic) bond motifs is 10. The molecule has 0 bridgehead atoms. The van der Waals surface area contributed by atoms with Crippen molar-refractivity contribution in [2.24, 2.45) is 92.7 Å². The van der Waals surface area contributed by atoms with Crippen molar-refractivity contribution >= 4 is 0 Å². The summed E-state index contributed by atoms with van der Waals surface area (Å²) in [6.45, 7) is 41.5. The lowest BCUT2D eigenvalue weighted by Crippen LogP contribution is -2.52. The molecule has 0 heterocycles. The number of allylic oxidation sites excluding steroid dienone is 10. The van der Waals surface area contributed by atoms with Crippen LogP contribution in [0.4, 0.5) is 0 Å². The summed E-state index contributed by atoms with van der Waals surface area (Å²) in [4.78, 5) is 0. The van der Waals surface area contributed by atoms with Gasteiger partial charge in [-0.05, 0) is 234 Å². The summed E-state index contributed by atoms with van der Waals surface area (Å²) in [7, 11) is 0. The molecule has 0 saturated heterocycles. The zero-order chi connectivity index (χ0) is 43.4. The van der Waals surface area contributed by atoms with Gasteiger partial charge in [-0.2, -0.15) is 0 Å². The van der Waals surface area contributed by atoms with Crippen molar-refractivity contribution in [1.29, 1.82) is 0 Å². The molecule has 0 aromatic carbocycles. The average molecular weight is 817 g/mol. The molecule has 0 N–H and O–H groups in total. The molecule has 0 radical (unpaired) electrons. The predicted molar refractivity (Wildman–Crippen MR) is 261 cm³/mol. The van der Waals surface area contributed by atoms with Crippen LogP contribution in [0.2, 0.25) is 0 Å². The molecular weight excluding hydrogens is 721 g/mol. The minimum Gasteiger partial charge on any atom is -0.0628 e. The van der Waals surface area contributed by atoms with Crippen LogP contribution in [0.1, 0.15) is 226 Å². The van der Waals surface area contributed by atoms with Crippen LogP contribution in [0.5, 0.6) is 0 Å². The van der Waals surface area contributed by atoms with Crippen LogP contribution < -0.4 is 0 Å². The van der Waals surface area contributed by atoms with Crippen LogP contribution in [0.3, 0.4) is 0 Å². The monoisotopic (exact) mass is 817 g/mol. The molecule has 0 spiro atoms. The first-order valence-electron chi connectivity index (χ1n) is 26.8. The van der Waals surface area contributed by atoms with Gasteiger partial charge in [-0.15, -0.1) is 0 Å². The Kier molecular flexibility index (Phi) is 12.3. The number of hydrogen-bond acceptors (Lipinski definition) is 0. The molecule has 6 fully saturated rings. The third-order valence-electron chi connectivity index (χ3n) is 22.8. The quantitative estimate of drug-likeness (QED) is 0.206. The van der Waals surface area contributed by atoms with Gasteiger partial charge in [-0.1, -0.05) is 130 Å². The van der Waals surface area contributed by atoms with E-state index in [2.05, 4.69) is 111 Å². The van der Waals surface area contributed by atoms with Gasteiger partial charge in [0.1, 0.15) is 0 Å². The first-order chi connectivity index (χ1) is 28.2. The van der Waals surface area contributed by atoms with E-state index in [4.69, 9.17) is 0 Å². The van der Waals surface area contributed by atoms with Gasteiger partial charge in [0.2, 0.25) is 0 Å². The Hall–Kier alpha value is -1.30. The van der Waals surface area contributed by atoms with Gasteiger partial charge in [0.25, 0.3) is 0 Å².